The van der Waals surface area contributed by atoms with Gasteiger partial charge in [0, 0.05) is 21.3 Å². The van der Waals surface area contributed by atoms with Gasteiger partial charge in [-0.2, -0.15) is 0 Å². The smallest absolute Gasteiger partial charge is 0.189 e. The maximum Gasteiger partial charge on any atom is 0.189 e. The van der Waals surface area contributed by atoms with Crippen LogP contribution in [-0.4, -0.2) is 6.79 Å². The number of nitrogens with two attached hydrogens (primary N) is 1. The summed E-state index contributed by atoms with van der Waals surface area (Å²) in [7, 11) is 0. The van der Waals surface area contributed by atoms with Crippen molar-refractivity contribution in [2.45, 2.75) is 13.2 Å². The highest BCUT2D eigenvalue weighted by atomic mass is 79.9. The minimum absolute atomic E-state index is 0.256. The summed E-state index contributed by atoms with van der Waals surface area (Å²) in [5.74, 6) is 1.57. The molecule has 0 spiro atoms. The van der Waals surface area contributed by atoms with Crippen molar-refractivity contribution in [3.8, 4) is 11.5 Å². The van der Waals surface area contributed by atoms with Crippen LogP contribution in [0, 0.1) is 0 Å². The Balaban J connectivity index is 1.83. The summed E-state index contributed by atoms with van der Waals surface area (Å²) in [6.07, 6.45) is 0. The molecular formula is C15H13Br2NO3. The molecule has 0 unspecified atom stereocenters. The Hall–Kier alpha value is -1.24. The third kappa shape index (κ3) is 3.33. The van der Waals surface area contributed by atoms with E-state index >= 15 is 0 Å². The van der Waals surface area contributed by atoms with Gasteiger partial charge in [0.25, 0.3) is 0 Å². The van der Waals surface area contributed by atoms with Gasteiger partial charge >= 0.3 is 0 Å². The molecule has 0 radical (unpaired) electrons. The molecule has 2 aromatic rings. The van der Waals surface area contributed by atoms with E-state index in [1.54, 1.807) is 0 Å². The summed E-state index contributed by atoms with van der Waals surface area (Å²) < 4.78 is 18.6. The van der Waals surface area contributed by atoms with E-state index in [0.29, 0.717) is 18.9 Å². The number of anilines is 1. The molecule has 2 N–H and O–H groups in total. The van der Waals surface area contributed by atoms with E-state index < -0.39 is 0 Å². The zero-order valence-electron chi connectivity index (χ0n) is 11.1. The zero-order valence-corrected chi connectivity index (χ0v) is 14.2. The molecule has 21 heavy (non-hydrogen) atoms. The van der Waals surface area contributed by atoms with E-state index in [9.17, 15) is 0 Å². The number of rotatable bonds is 3. The SMILES string of the molecule is Nc1cc2c(c(COc3ccc(Br)cc3Br)c1)OCOC2. The van der Waals surface area contributed by atoms with E-state index in [4.69, 9.17) is 19.9 Å². The molecule has 1 heterocycles. The average molecular weight is 415 g/mol. The molecule has 0 saturated carbocycles. The zero-order chi connectivity index (χ0) is 14.8. The van der Waals surface area contributed by atoms with Crippen molar-refractivity contribution in [3.05, 3.63) is 50.4 Å². The minimum Gasteiger partial charge on any atom is -0.488 e. The molecule has 0 saturated heterocycles. The van der Waals surface area contributed by atoms with Crippen molar-refractivity contribution in [1.29, 1.82) is 0 Å². The highest BCUT2D eigenvalue weighted by Gasteiger charge is 2.16. The third-order valence-corrected chi connectivity index (χ3v) is 4.20. The van der Waals surface area contributed by atoms with E-state index in [1.165, 1.54) is 0 Å². The normalized spacial score (nSPS) is 13.4. The number of halogens is 2. The summed E-state index contributed by atoms with van der Waals surface area (Å²) in [6.45, 7) is 1.15. The maximum atomic E-state index is 5.92. The first-order valence-corrected chi connectivity index (χ1v) is 7.92. The van der Waals surface area contributed by atoms with Crippen molar-refractivity contribution >= 4 is 37.5 Å². The fourth-order valence-electron chi connectivity index (χ4n) is 2.18. The Bertz CT molecular complexity index is 676. The molecular weight excluding hydrogens is 402 g/mol. The van der Waals surface area contributed by atoms with Gasteiger partial charge in [0.2, 0.25) is 0 Å². The first kappa shape index (κ1) is 14.7. The van der Waals surface area contributed by atoms with Crippen molar-refractivity contribution in [2.75, 3.05) is 12.5 Å². The first-order valence-electron chi connectivity index (χ1n) is 6.33. The van der Waals surface area contributed by atoms with Crippen LogP contribution in [0.5, 0.6) is 11.5 Å². The van der Waals surface area contributed by atoms with Crippen molar-refractivity contribution in [2.24, 2.45) is 0 Å². The molecule has 6 heteroatoms. The highest BCUT2D eigenvalue weighted by molar-refractivity contribution is 9.11. The van der Waals surface area contributed by atoms with Crippen molar-refractivity contribution < 1.29 is 14.2 Å². The Morgan fingerprint density at radius 1 is 1.19 bits per heavy atom. The van der Waals surface area contributed by atoms with Gasteiger partial charge in [0.05, 0.1) is 11.1 Å². The monoisotopic (exact) mass is 413 g/mol. The quantitative estimate of drug-likeness (QED) is 0.763. The van der Waals surface area contributed by atoms with Gasteiger partial charge in [-0.15, -0.1) is 0 Å². The maximum absolute atomic E-state index is 5.92. The van der Waals surface area contributed by atoms with E-state index in [0.717, 1.165) is 31.6 Å². The lowest BCUT2D eigenvalue weighted by Crippen LogP contribution is -2.14. The van der Waals surface area contributed by atoms with Crippen LogP contribution in [0.2, 0.25) is 0 Å². The van der Waals surface area contributed by atoms with Crippen LogP contribution in [0.3, 0.4) is 0 Å². The standard InChI is InChI=1S/C15H13Br2NO3/c16-11-1-2-14(13(17)5-11)20-7-10-4-12(18)3-9-6-19-8-21-15(9)10/h1-5H,6-8,18H2. The van der Waals surface area contributed by atoms with Crippen LogP contribution < -0.4 is 15.2 Å². The Kier molecular flexibility index (Phi) is 4.37. The van der Waals surface area contributed by atoms with Gasteiger partial charge in [-0.3, -0.25) is 0 Å². The van der Waals surface area contributed by atoms with Gasteiger partial charge in [-0.25, -0.2) is 0 Å². The van der Waals surface area contributed by atoms with Crippen LogP contribution >= 0.6 is 31.9 Å². The van der Waals surface area contributed by atoms with Gasteiger partial charge in [-0.05, 0) is 46.3 Å². The van der Waals surface area contributed by atoms with Crippen LogP contribution in [0.4, 0.5) is 5.69 Å². The molecule has 3 rings (SSSR count). The lowest BCUT2D eigenvalue weighted by molar-refractivity contribution is -0.0175. The van der Waals surface area contributed by atoms with Gasteiger partial charge in [0.15, 0.2) is 6.79 Å². The van der Waals surface area contributed by atoms with Gasteiger partial charge in [-0.1, -0.05) is 15.9 Å². The molecule has 0 atom stereocenters. The topological polar surface area (TPSA) is 53.7 Å². The number of benzene rings is 2. The first-order chi connectivity index (χ1) is 10.1. The predicted molar refractivity (Wildman–Crippen MR) is 87.3 cm³/mol. The Morgan fingerprint density at radius 3 is 2.86 bits per heavy atom. The van der Waals surface area contributed by atoms with Crippen LogP contribution in [0.15, 0.2) is 39.3 Å². The highest BCUT2D eigenvalue weighted by Crippen LogP contribution is 2.33. The number of nitrogen functional groups attached to an aromatic ring is 1. The number of ether oxygens (including phenoxy) is 3. The fraction of sp³-hybridized carbons (Fsp3) is 0.200. The number of fused-ring (bicyclic) bond motifs is 1. The molecule has 0 aliphatic carbocycles. The van der Waals surface area contributed by atoms with Gasteiger partial charge < -0.3 is 19.9 Å². The van der Waals surface area contributed by atoms with E-state index in [2.05, 4.69) is 31.9 Å². The molecule has 1 aliphatic heterocycles. The molecule has 0 bridgehead atoms. The Morgan fingerprint density at radius 2 is 2.05 bits per heavy atom. The molecule has 4 nitrogen and oxygen atoms in total. The largest absolute Gasteiger partial charge is 0.488 e. The van der Waals surface area contributed by atoms with Gasteiger partial charge in [0.1, 0.15) is 18.1 Å². The van der Waals surface area contributed by atoms with Crippen LogP contribution in [0.1, 0.15) is 11.1 Å². The van der Waals surface area contributed by atoms with Crippen molar-refractivity contribution in [3.63, 3.8) is 0 Å². The molecule has 2 aromatic carbocycles. The second-order valence-corrected chi connectivity index (χ2v) is 6.41. The lowest BCUT2D eigenvalue weighted by Gasteiger charge is -2.21. The summed E-state index contributed by atoms with van der Waals surface area (Å²) in [5.41, 5.74) is 8.47. The summed E-state index contributed by atoms with van der Waals surface area (Å²) in [6, 6.07) is 9.51. The fourth-order valence-corrected chi connectivity index (χ4v) is 3.34. The van der Waals surface area contributed by atoms with Crippen LogP contribution in [0.25, 0.3) is 0 Å². The summed E-state index contributed by atoms with van der Waals surface area (Å²) in [5, 5.41) is 0. The van der Waals surface area contributed by atoms with E-state index in [-0.39, 0.29) is 6.79 Å². The molecule has 0 amide bonds. The minimum atomic E-state index is 0.256. The number of hydrogen-bond acceptors (Lipinski definition) is 4. The summed E-state index contributed by atoms with van der Waals surface area (Å²) in [4.78, 5) is 0. The second kappa shape index (κ2) is 6.25. The Labute approximate surface area is 139 Å². The number of hydrogen-bond donors (Lipinski definition) is 1. The van der Waals surface area contributed by atoms with E-state index in [1.807, 2.05) is 30.3 Å². The molecule has 0 fully saturated rings. The molecule has 110 valence electrons. The molecule has 0 aromatic heterocycles. The molecule has 1 aliphatic rings. The predicted octanol–water partition coefficient (Wildman–Crippen LogP) is 4.24. The van der Waals surface area contributed by atoms with Crippen LogP contribution in [-0.2, 0) is 18.0 Å². The van der Waals surface area contributed by atoms with Crippen molar-refractivity contribution in [1.82, 2.24) is 0 Å². The summed E-state index contributed by atoms with van der Waals surface area (Å²) >= 11 is 6.89. The average Bonchev–Trinajstić information content (AvgIpc) is 2.46. The third-order valence-electron chi connectivity index (χ3n) is 3.09. The second-order valence-electron chi connectivity index (χ2n) is 4.64. The lowest BCUT2D eigenvalue weighted by atomic mass is 10.1.